The number of carbonyl (C=O) groups is 2. The number of rotatable bonds is 6. The fourth-order valence-corrected chi connectivity index (χ4v) is 1.84. The van der Waals surface area contributed by atoms with E-state index in [4.69, 9.17) is 5.11 Å². The maximum Gasteiger partial charge on any atom is 0.305 e. The van der Waals surface area contributed by atoms with Gasteiger partial charge in [0, 0.05) is 18.7 Å². The van der Waals surface area contributed by atoms with Crippen LogP contribution in [0.2, 0.25) is 0 Å². The molecular weight excluding hydrogens is 230 g/mol. The van der Waals surface area contributed by atoms with E-state index in [0.717, 1.165) is 12.0 Å². The molecule has 1 aromatic rings. The van der Waals surface area contributed by atoms with Crippen molar-refractivity contribution in [3.8, 4) is 0 Å². The second kappa shape index (κ2) is 6.79. The normalized spacial score (nSPS) is 10.1. The lowest BCUT2D eigenvalue weighted by Gasteiger charge is -2.21. The summed E-state index contributed by atoms with van der Waals surface area (Å²) in [5.41, 5.74) is 1.67. The van der Waals surface area contributed by atoms with Gasteiger partial charge in [-0.3, -0.25) is 9.59 Å². The Hall–Kier alpha value is -1.84. The lowest BCUT2D eigenvalue weighted by atomic mass is 10.0. The summed E-state index contributed by atoms with van der Waals surface area (Å²) in [5.74, 6) is -0.971. The van der Waals surface area contributed by atoms with E-state index < -0.39 is 5.97 Å². The summed E-state index contributed by atoms with van der Waals surface area (Å²) in [5, 5.41) is 8.67. The monoisotopic (exact) mass is 249 g/mol. The van der Waals surface area contributed by atoms with Crippen LogP contribution in [0.5, 0.6) is 0 Å². The third-order valence-corrected chi connectivity index (χ3v) is 2.89. The maximum atomic E-state index is 12.3. The minimum absolute atomic E-state index is 0.0200. The molecule has 0 saturated carbocycles. The second-order valence-corrected chi connectivity index (χ2v) is 4.04. The van der Waals surface area contributed by atoms with E-state index in [1.165, 1.54) is 0 Å². The number of aryl methyl sites for hydroxylation is 1. The van der Waals surface area contributed by atoms with Crippen LogP contribution in [0.15, 0.2) is 24.3 Å². The Morgan fingerprint density at radius 3 is 2.44 bits per heavy atom. The van der Waals surface area contributed by atoms with Crippen LogP contribution < -0.4 is 0 Å². The molecule has 0 radical (unpaired) electrons. The third-order valence-electron chi connectivity index (χ3n) is 2.89. The van der Waals surface area contributed by atoms with Crippen molar-refractivity contribution in [1.29, 1.82) is 0 Å². The second-order valence-electron chi connectivity index (χ2n) is 4.04. The van der Waals surface area contributed by atoms with Gasteiger partial charge in [-0.15, -0.1) is 0 Å². The molecule has 0 spiro atoms. The molecule has 0 saturated heterocycles. The van der Waals surface area contributed by atoms with Gasteiger partial charge in [-0.1, -0.05) is 25.1 Å². The van der Waals surface area contributed by atoms with Gasteiger partial charge in [-0.05, 0) is 25.0 Å². The zero-order chi connectivity index (χ0) is 13.5. The molecule has 1 N–H and O–H groups in total. The van der Waals surface area contributed by atoms with Gasteiger partial charge in [-0.25, -0.2) is 0 Å². The highest BCUT2D eigenvalue weighted by Gasteiger charge is 2.17. The topological polar surface area (TPSA) is 57.6 Å². The third kappa shape index (κ3) is 3.58. The average Bonchev–Trinajstić information content (AvgIpc) is 2.38. The Morgan fingerprint density at radius 2 is 1.89 bits per heavy atom. The van der Waals surface area contributed by atoms with Crippen LogP contribution in [0.4, 0.5) is 0 Å². The van der Waals surface area contributed by atoms with Crippen LogP contribution in [-0.4, -0.2) is 35.0 Å². The molecule has 1 rings (SSSR count). The highest BCUT2D eigenvalue weighted by atomic mass is 16.4. The van der Waals surface area contributed by atoms with E-state index in [-0.39, 0.29) is 18.9 Å². The molecule has 18 heavy (non-hydrogen) atoms. The molecule has 0 aliphatic heterocycles. The van der Waals surface area contributed by atoms with Gasteiger partial charge >= 0.3 is 5.97 Å². The van der Waals surface area contributed by atoms with Crippen molar-refractivity contribution >= 4 is 11.9 Å². The highest BCUT2D eigenvalue weighted by Crippen LogP contribution is 2.12. The fourth-order valence-electron chi connectivity index (χ4n) is 1.84. The molecule has 1 amide bonds. The lowest BCUT2D eigenvalue weighted by molar-refractivity contribution is -0.137. The molecule has 0 aromatic heterocycles. The zero-order valence-electron chi connectivity index (χ0n) is 10.8. The van der Waals surface area contributed by atoms with Gasteiger partial charge in [0.2, 0.25) is 0 Å². The zero-order valence-corrected chi connectivity index (χ0v) is 10.8. The summed E-state index contributed by atoms with van der Waals surface area (Å²) in [6.45, 7) is 4.63. The van der Waals surface area contributed by atoms with Crippen molar-refractivity contribution in [2.75, 3.05) is 13.1 Å². The van der Waals surface area contributed by atoms with E-state index >= 15 is 0 Å². The van der Waals surface area contributed by atoms with Gasteiger partial charge in [0.25, 0.3) is 5.91 Å². The predicted octanol–water partition coefficient (Wildman–Crippen LogP) is 2.19. The van der Waals surface area contributed by atoms with Crippen molar-refractivity contribution in [3.63, 3.8) is 0 Å². The summed E-state index contributed by atoms with van der Waals surface area (Å²) in [4.78, 5) is 24.4. The first-order chi connectivity index (χ1) is 8.60. The van der Waals surface area contributed by atoms with Gasteiger partial charge in [0.1, 0.15) is 0 Å². The Morgan fingerprint density at radius 1 is 1.22 bits per heavy atom. The van der Waals surface area contributed by atoms with Crippen LogP contribution in [-0.2, 0) is 11.2 Å². The predicted molar refractivity (Wildman–Crippen MR) is 69.7 cm³/mol. The Bertz CT molecular complexity index is 429. The number of carbonyl (C=O) groups excluding carboxylic acids is 1. The molecule has 1 aromatic carbocycles. The number of amides is 1. The van der Waals surface area contributed by atoms with Gasteiger partial charge in [0.05, 0.1) is 6.42 Å². The molecule has 0 aliphatic rings. The van der Waals surface area contributed by atoms with E-state index in [1.54, 1.807) is 11.0 Å². The first kappa shape index (κ1) is 14.2. The minimum Gasteiger partial charge on any atom is -0.481 e. The van der Waals surface area contributed by atoms with E-state index in [2.05, 4.69) is 0 Å². The molecule has 98 valence electrons. The summed E-state index contributed by atoms with van der Waals surface area (Å²) in [6.07, 6.45) is 0.770. The number of hydrogen-bond acceptors (Lipinski definition) is 2. The molecule has 0 aliphatic carbocycles. The molecule has 0 unspecified atom stereocenters. The van der Waals surface area contributed by atoms with Crippen LogP contribution in [0.1, 0.15) is 36.2 Å². The standard InChI is InChI=1S/C14H19NO3/c1-3-11-7-5-6-8-12(11)14(18)15(4-2)10-9-13(16)17/h5-8H,3-4,9-10H2,1-2H3,(H,16,17). The molecule has 0 fully saturated rings. The van der Waals surface area contributed by atoms with Crippen LogP contribution in [0, 0.1) is 0 Å². The molecule has 0 bridgehead atoms. The van der Waals surface area contributed by atoms with Gasteiger partial charge < -0.3 is 10.0 Å². The molecule has 0 atom stereocenters. The summed E-state index contributed by atoms with van der Waals surface area (Å²) in [7, 11) is 0. The van der Waals surface area contributed by atoms with E-state index in [1.807, 2.05) is 32.0 Å². The Kier molecular flexibility index (Phi) is 5.36. The SMILES string of the molecule is CCc1ccccc1C(=O)N(CC)CCC(=O)O. The average molecular weight is 249 g/mol. The van der Waals surface area contributed by atoms with E-state index in [0.29, 0.717) is 12.1 Å². The smallest absolute Gasteiger partial charge is 0.305 e. The molecular formula is C14H19NO3. The quantitative estimate of drug-likeness (QED) is 0.840. The van der Waals surface area contributed by atoms with Crippen molar-refractivity contribution < 1.29 is 14.7 Å². The van der Waals surface area contributed by atoms with Crippen molar-refractivity contribution in [1.82, 2.24) is 4.90 Å². The van der Waals surface area contributed by atoms with Crippen molar-refractivity contribution in [2.45, 2.75) is 26.7 Å². The fraction of sp³-hybridized carbons (Fsp3) is 0.429. The number of nitrogens with zero attached hydrogens (tertiary/aromatic N) is 1. The van der Waals surface area contributed by atoms with Gasteiger partial charge in [0.15, 0.2) is 0 Å². The van der Waals surface area contributed by atoms with Crippen molar-refractivity contribution in [3.05, 3.63) is 35.4 Å². The number of hydrogen-bond donors (Lipinski definition) is 1. The summed E-state index contributed by atoms with van der Waals surface area (Å²) >= 11 is 0. The lowest BCUT2D eigenvalue weighted by Crippen LogP contribution is -2.33. The van der Waals surface area contributed by atoms with Gasteiger partial charge in [-0.2, -0.15) is 0 Å². The van der Waals surface area contributed by atoms with E-state index in [9.17, 15) is 9.59 Å². The van der Waals surface area contributed by atoms with Crippen LogP contribution in [0.3, 0.4) is 0 Å². The van der Waals surface area contributed by atoms with Crippen LogP contribution in [0.25, 0.3) is 0 Å². The summed E-state index contributed by atoms with van der Waals surface area (Å²) in [6, 6.07) is 7.46. The number of benzene rings is 1. The first-order valence-electron chi connectivity index (χ1n) is 6.19. The maximum absolute atomic E-state index is 12.3. The Labute approximate surface area is 107 Å². The number of carboxylic acids is 1. The molecule has 4 nitrogen and oxygen atoms in total. The highest BCUT2D eigenvalue weighted by molar-refractivity contribution is 5.95. The number of aliphatic carboxylic acids is 1. The first-order valence-corrected chi connectivity index (χ1v) is 6.19. The Balaban J connectivity index is 2.86. The summed E-state index contributed by atoms with van der Waals surface area (Å²) < 4.78 is 0. The van der Waals surface area contributed by atoms with Crippen molar-refractivity contribution in [2.24, 2.45) is 0 Å². The largest absolute Gasteiger partial charge is 0.481 e. The molecule has 4 heteroatoms. The molecule has 0 heterocycles. The minimum atomic E-state index is -0.884. The van der Waals surface area contributed by atoms with Crippen LogP contribution >= 0.6 is 0 Å². The number of carboxylic acid groups (broad SMARTS) is 1.